The van der Waals surface area contributed by atoms with Crippen molar-refractivity contribution in [1.29, 1.82) is 0 Å². The van der Waals surface area contributed by atoms with Crippen LogP contribution in [-0.2, 0) is 10.0 Å². The standard InChI is InChI=1S/C22H19BrN2O4S/c1-15-7-10-19(11-8-15)30(27,28)25-24-14-17-13-18(23)9-12-21(17)29-22(26)20-6-4-3-5-16(20)2/h3-14,25H,1-2H3/b24-14+. The Hall–Kier alpha value is -2.97. The summed E-state index contributed by atoms with van der Waals surface area (Å²) in [6.07, 6.45) is 1.29. The number of carbonyl (C=O) groups is 1. The number of hydrazone groups is 1. The molecule has 0 atom stereocenters. The normalized spacial score (nSPS) is 11.4. The summed E-state index contributed by atoms with van der Waals surface area (Å²) in [4.78, 5) is 14.8. The van der Waals surface area contributed by atoms with Gasteiger partial charge in [-0.1, -0.05) is 51.8 Å². The molecule has 0 saturated heterocycles. The molecule has 3 aromatic rings. The lowest BCUT2D eigenvalue weighted by atomic mass is 10.1. The Morgan fingerprint density at radius 3 is 2.43 bits per heavy atom. The van der Waals surface area contributed by atoms with Gasteiger partial charge in [-0.2, -0.15) is 13.5 Å². The number of hydrogen-bond acceptors (Lipinski definition) is 5. The topological polar surface area (TPSA) is 84.8 Å². The first-order chi connectivity index (χ1) is 14.3. The summed E-state index contributed by atoms with van der Waals surface area (Å²) in [5.74, 6) is -0.255. The first kappa shape index (κ1) is 21.7. The van der Waals surface area contributed by atoms with Crippen LogP contribution < -0.4 is 9.57 Å². The fourth-order valence-electron chi connectivity index (χ4n) is 2.61. The Kier molecular flexibility index (Phi) is 6.69. The van der Waals surface area contributed by atoms with Gasteiger partial charge >= 0.3 is 5.97 Å². The number of ether oxygens (including phenoxy) is 1. The molecule has 0 aliphatic rings. The van der Waals surface area contributed by atoms with E-state index in [4.69, 9.17) is 4.74 Å². The number of aryl methyl sites for hydroxylation is 2. The molecule has 0 spiro atoms. The van der Waals surface area contributed by atoms with Crippen molar-refractivity contribution in [2.45, 2.75) is 18.7 Å². The molecule has 154 valence electrons. The van der Waals surface area contributed by atoms with Gasteiger partial charge in [0.15, 0.2) is 0 Å². The van der Waals surface area contributed by atoms with Crippen LogP contribution in [0.1, 0.15) is 27.0 Å². The maximum Gasteiger partial charge on any atom is 0.343 e. The van der Waals surface area contributed by atoms with E-state index in [1.54, 1.807) is 42.5 Å². The Labute approximate surface area is 183 Å². The largest absolute Gasteiger partial charge is 0.422 e. The maximum absolute atomic E-state index is 12.5. The van der Waals surface area contributed by atoms with E-state index in [2.05, 4.69) is 25.9 Å². The SMILES string of the molecule is Cc1ccc(S(=O)(=O)N/N=C/c2cc(Br)ccc2OC(=O)c2ccccc2C)cc1. The van der Waals surface area contributed by atoms with Gasteiger partial charge in [0.1, 0.15) is 5.75 Å². The lowest BCUT2D eigenvalue weighted by Gasteiger charge is -2.09. The molecule has 6 nitrogen and oxygen atoms in total. The fourth-order valence-corrected chi connectivity index (χ4v) is 3.78. The van der Waals surface area contributed by atoms with E-state index in [0.29, 0.717) is 11.1 Å². The zero-order chi connectivity index (χ0) is 21.7. The smallest absolute Gasteiger partial charge is 0.343 e. The minimum atomic E-state index is -3.81. The Balaban J connectivity index is 1.81. The molecule has 0 bridgehead atoms. The average Bonchev–Trinajstić information content (AvgIpc) is 2.70. The van der Waals surface area contributed by atoms with E-state index in [1.165, 1.54) is 18.3 Å². The number of benzene rings is 3. The van der Waals surface area contributed by atoms with Crippen molar-refractivity contribution in [2.24, 2.45) is 5.10 Å². The molecule has 0 saturated carbocycles. The first-order valence-corrected chi connectivity index (χ1v) is 11.2. The number of nitrogens with one attached hydrogen (secondary N) is 1. The second-order valence-electron chi connectivity index (χ2n) is 6.55. The third kappa shape index (κ3) is 5.34. The average molecular weight is 487 g/mol. The molecule has 0 unspecified atom stereocenters. The Bertz CT molecular complexity index is 1210. The molecule has 30 heavy (non-hydrogen) atoms. The van der Waals surface area contributed by atoms with Gasteiger partial charge in [-0.05, 0) is 55.8 Å². The highest BCUT2D eigenvalue weighted by molar-refractivity contribution is 9.10. The number of sulfonamides is 1. The van der Waals surface area contributed by atoms with Crippen LogP contribution in [-0.4, -0.2) is 20.6 Å². The molecule has 0 heterocycles. The highest BCUT2D eigenvalue weighted by Gasteiger charge is 2.15. The summed E-state index contributed by atoms with van der Waals surface area (Å²) in [6.45, 7) is 3.69. The molecule has 0 aliphatic carbocycles. The quantitative estimate of drug-likeness (QED) is 0.239. The summed E-state index contributed by atoms with van der Waals surface area (Å²) in [5.41, 5.74) is 2.62. The fraction of sp³-hybridized carbons (Fsp3) is 0.0909. The zero-order valence-electron chi connectivity index (χ0n) is 16.3. The molecule has 0 aliphatic heterocycles. The lowest BCUT2D eigenvalue weighted by Crippen LogP contribution is -2.18. The number of halogens is 1. The van der Waals surface area contributed by atoms with E-state index in [0.717, 1.165) is 15.6 Å². The van der Waals surface area contributed by atoms with Crippen molar-refractivity contribution in [1.82, 2.24) is 4.83 Å². The van der Waals surface area contributed by atoms with Crippen LogP contribution >= 0.6 is 15.9 Å². The van der Waals surface area contributed by atoms with Gasteiger partial charge in [-0.3, -0.25) is 0 Å². The summed E-state index contributed by atoms with van der Waals surface area (Å²) in [5, 5.41) is 3.84. The molecular weight excluding hydrogens is 468 g/mol. The molecule has 0 radical (unpaired) electrons. The lowest BCUT2D eigenvalue weighted by molar-refractivity contribution is 0.0733. The van der Waals surface area contributed by atoms with Gasteiger partial charge < -0.3 is 4.74 Å². The number of nitrogens with zero attached hydrogens (tertiary/aromatic N) is 1. The van der Waals surface area contributed by atoms with Gasteiger partial charge in [0.25, 0.3) is 10.0 Å². The van der Waals surface area contributed by atoms with Crippen LogP contribution in [0.2, 0.25) is 0 Å². The van der Waals surface area contributed by atoms with E-state index in [-0.39, 0.29) is 10.6 Å². The van der Waals surface area contributed by atoms with Crippen molar-refractivity contribution in [3.63, 3.8) is 0 Å². The second-order valence-corrected chi connectivity index (χ2v) is 9.13. The van der Waals surface area contributed by atoms with Crippen molar-refractivity contribution >= 4 is 38.1 Å². The van der Waals surface area contributed by atoms with Crippen molar-refractivity contribution in [3.8, 4) is 5.75 Å². The highest BCUT2D eigenvalue weighted by Crippen LogP contribution is 2.23. The van der Waals surface area contributed by atoms with E-state index in [9.17, 15) is 13.2 Å². The number of carbonyl (C=O) groups excluding carboxylic acids is 1. The molecule has 3 aromatic carbocycles. The Morgan fingerprint density at radius 1 is 1.03 bits per heavy atom. The van der Waals surface area contributed by atoms with Gasteiger partial charge in [0.2, 0.25) is 0 Å². The minimum Gasteiger partial charge on any atom is -0.422 e. The van der Waals surface area contributed by atoms with Crippen molar-refractivity contribution < 1.29 is 17.9 Å². The third-order valence-corrected chi connectivity index (χ3v) is 5.98. The summed E-state index contributed by atoms with van der Waals surface area (Å²) >= 11 is 3.35. The highest BCUT2D eigenvalue weighted by atomic mass is 79.9. The number of rotatable bonds is 6. The predicted octanol–water partition coefficient (Wildman–Crippen LogP) is 4.60. The Morgan fingerprint density at radius 2 is 1.73 bits per heavy atom. The first-order valence-electron chi connectivity index (χ1n) is 8.95. The molecule has 1 N–H and O–H groups in total. The van der Waals surface area contributed by atoms with Crippen LogP contribution in [0.4, 0.5) is 0 Å². The minimum absolute atomic E-state index is 0.102. The summed E-state index contributed by atoms with van der Waals surface area (Å²) in [7, 11) is -3.81. The number of hydrogen-bond donors (Lipinski definition) is 1. The number of esters is 1. The van der Waals surface area contributed by atoms with Gasteiger partial charge in [0, 0.05) is 10.0 Å². The molecule has 0 amide bonds. The van der Waals surface area contributed by atoms with E-state index >= 15 is 0 Å². The second kappa shape index (κ2) is 9.23. The molecule has 8 heteroatoms. The van der Waals surface area contributed by atoms with Crippen LogP contribution in [0.3, 0.4) is 0 Å². The van der Waals surface area contributed by atoms with Gasteiger partial charge in [0.05, 0.1) is 16.7 Å². The molecule has 0 fully saturated rings. The van der Waals surface area contributed by atoms with Crippen molar-refractivity contribution in [2.75, 3.05) is 0 Å². The third-order valence-electron chi connectivity index (χ3n) is 4.25. The monoisotopic (exact) mass is 486 g/mol. The molecular formula is C22H19BrN2O4S. The van der Waals surface area contributed by atoms with Crippen LogP contribution in [0.25, 0.3) is 0 Å². The van der Waals surface area contributed by atoms with E-state index in [1.807, 2.05) is 26.0 Å². The zero-order valence-corrected chi connectivity index (χ0v) is 18.7. The van der Waals surface area contributed by atoms with E-state index < -0.39 is 16.0 Å². The van der Waals surface area contributed by atoms with Crippen LogP contribution in [0, 0.1) is 13.8 Å². The van der Waals surface area contributed by atoms with Crippen LogP contribution in [0.5, 0.6) is 5.75 Å². The predicted molar refractivity (Wildman–Crippen MR) is 119 cm³/mol. The maximum atomic E-state index is 12.5. The molecule has 0 aromatic heterocycles. The summed E-state index contributed by atoms with van der Waals surface area (Å²) < 4.78 is 31.0. The van der Waals surface area contributed by atoms with Gasteiger partial charge in [-0.25, -0.2) is 9.63 Å². The van der Waals surface area contributed by atoms with Crippen LogP contribution in [0.15, 0.2) is 81.2 Å². The van der Waals surface area contributed by atoms with Crippen molar-refractivity contribution in [3.05, 3.63) is 93.5 Å². The molecule has 3 rings (SSSR count). The van der Waals surface area contributed by atoms with Gasteiger partial charge in [-0.15, -0.1) is 0 Å². The summed E-state index contributed by atoms with van der Waals surface area (Å²) in [6, 6.07) is 18.5.